The Morgan fingerprint density at radius 1 is 1.23 bits per heavy atom. The van der Waals surface area contributed by atoms with Gasteiger partial charge in [0.1, 0.15) is 17.6 Å². The summed E-state index contributed by atoms with van der Waals surface area (Å²) < 4.78 is 7.71. The number of amides is 1. The molecule has 0 radical (unpaired) electrons. The summed E-state index contributed by atoms with van der Waals surface area (Å²) in [5.41, 5.74) is 3.74. The number of aromatic nitrogens is 1. The molecule has 164 valence electrons. The van der Waals surface area contributed by atoms with Gasteiger partial charge < -0.3 is 14.6 Å². The molecule has 2 aromatic rings. The number of nitrogens with one attached hydrogen (secondary N) is 1. The van der Waals surface area contributed by atoms with Gasteiger partial charge in [0, 0.05) is 29.9 Å². The molecule has 6 heteroatoms. The lowest BCUT2D eigenvalue weighted by Crippen LogP contribution is -2.35. The molecule has 2 aliphatic rings. The smallest absolute Gasteiger partial charge is 0.239 e. The molecule has 1 N–H and O–H groups in total. The van der Waals surface area contributed by atoms with Crippen molar-refractivity contribution in [2.75, 3.05) is 19.0 Å². The zero-order valence-corrected chi connectivity index (χ0v) is 18.8. The van der Waals surface area contributed by atoms with Crippen molar-refractivity contribution in [1.82, 2.24) is 9.47 Å². The van der Waals surface area contributed by atoms with Gasteiger partial charge in [0.25, 0.3) is 0 Å². The number of para-hydroxylation sites is 1. The second kappa shape index (κ2) is 9.15. The first-order chi connectivity index (χ1) is 15.0. The fourth-order valence-electron chi connectivity index (χ4n) is 4.87. The molecule has 2 fully saturated rings. The average molecular weight is 421 g/mol. The molecule has 0 spiro atoms. The lowest BCUT2D eigenvalue weighted by atomic mass is 10.2. The van der Waals surface area contributed by atoms with E-state index in [-0.39, 0.29) is 5.91 Å². The summed E-state index contributed by atoms with van der Waals surface area (Å²) in [6, 6.07) is 11.1. The summed E-state index contributed by atoms with van der Waals surface area (Å²) in [7, 11) is 1.68. The van der Waals surface area contributed by atoms with E-state index in [0.717, 1.165) is 48.3 Å². The number of methoxy groups -OCH3 is 1. The maximum atomic E-state index is 13.1. The number of carbonyl (C=O) groups excluding carboxylic acids is 1. The van der Waals surface area contributed by atoms with Crippen LogP contribution in [0.4, 0.5) is 5.82 Å². The van der Waals surface area contributed by atoms with E-state index in [0.29, 0.717) is 36.6 Å². The minimum atomic E-state index is -0.0601. The van der Waals surface area contributed by atoms with Crippen LogP contribution in [0.3, 0.4) is 0 Å². The predicted octanol–water partition coefficient (Wildman–Crippen LogP) is 4.70. The topological polar surface area (TPSA) is 70.3 Å². The quantitative estimate of drug-likeness (QED) is 0.672. The standard InChI is InChI=1S/C25H32N4O2/c1-17-18(2)29(21-9-5-6-10-21)25(22(17)14-26)27-24(30)16-28(20-12-13-20)15-19-8-4-7-11-23(19)31-3/h4,7-8,11,20-21H,5-6,9-10,12-13,15-16H2,1-3H3,(H,27,30). The minimum Gasteiger partial charge on any atom is -0.496 e. The fraction of sp³-hybridized carbons (Fsp3) is 0.520. The number of nitrogens with zero attached hydrogens (tertiary/aromatic N) is 3. The van der Waals surface area contributed by atoms with Gasteiger partial charge in [-0.15, -0.1) is 0 Å². The van der Waals surface area contributed by atoms with Gasteiger partial charge in [-0.3, -0.25) is 9.69 Å². The highest BCUT2D eigenvalue weighted by Crippen LogP contribution is 2.38. The number of carbonyl (C=O) groups is 1. The first-order valence-electron chi connectivity index (χ1n) is 11.3. The van der Waals surface area contributed by atoms with Crippen LogP contribution in [0.2, 0.25) is 0 Å². The monoisotopic (exact) mass is 420 g/mol. The third-order valence-corrected chi connectivity index (χ3v) is 6.79. The summed E-state index contributed by atoms with van der Waals surface area (Å²) in [6.07, 6.45) is 6.83. The molecule has 31 heavy (non-hydrogen) atoms. The molecule has 0 aliphatic heterocycles. The van der Waals surface area contributed by atoms with Gasteiger partial charge in [0.2, 0.25) is 5.91 Å². The Balaban J connectivity index is 1.54. The molecule has 1 heterocycles. The van der Waals surface area contributed by atoms with Gasteiger partial charge in [0.15, 0.2) is 0 Å². The van der Waals surface area contributed by atoms with E-state index >= 15 is 0 Å². The van der Waals surface area contributed by atoms with Crippen molar-refractivity contribution >= 4 is 11.7 Å². The van der Waals surface area contributed by atoms with Crippen molar-refractivity contribution in [1.29, 1.82) is 5.26 Å². The zero-order chi connectivity index (χ0) is 22.0. The molecule has 1 aromatic carbocycles. The Hall–Kier alpha value is -2.78. The largest absolute Gasteiger partial charge is 0.496 e. The molecule has 0 saturated heterocycles. The van der Waals surface area contributed by atoms with Crippen LogP contribution < -0.4 is 10.1 Å². The summed E-state index contributed by atoms with van der Waals surface area (Å²) >= 11 is 0. The number of anilines is 1. The van der Waals surface area contributed by atoms with Crippen LogP contribution in [0, 0.1) is 25.2 Å². The minimum absolute atomic E-state index is 0.0601. The lowest BCUT2D eigenvalue weighted by molar-refractivity contribution is -0.117. The van der Waals surface area contributed by atoms with Crippen molar-refractivity contribution in [3.63, 3.8) is 0 Å². The van der Waals surface area contributed by atoms with E-state index in [1.807, 2.05) is 25.1 Å². The Kier molecular flexibility index (Phi) is 6.33. The van der Waals surface area contributed by atoms with Crippen LogP contribution in [0.15, 0.2) is 24.3 Å². The molecular formula is C25H32N4O2. The fourth-order valence-corrected chi connectivity index (χ4v) is 4.87. The van der Waals surface area contributed by atoms with Crippen molar-refractivity contribution in [2.24, 2.45) is 0 Å². The van der Waals surface area contributed by atoms with Crippen LogP contribution >= 0.6 is 0 Å². The molecular weight excluding hydrogens is 388 g/mol. The summed E-state index contributed by atoms with van der Waals surface area (Å²) in [5, 5.41) is 12.9. The van der Waals surface area contributed by atoms with E-state index in [4.69, 9.17) is 4.74 Å². The molecule has 0 unspecified atom stereocenters. The first-order valence-corrected chi connectivity index (χ1v) is 11.3. The van der Waals surface area contributed by atoms with E-state index in [1.165, 1.54) is 12.8 Å². The molecule has 0 bridgehead atoms. The molecule has 6 nitrogen and oxygen atoms in total. The number of nitriles is 1. The highest BCUT2D eigenvalue weighted by atomic mass is 16.5. The highest BCUT2D eigenvalue weighted by Gasteiger charge is 2.32. The van der Waals surface area contributed by atoms with Crippen molar-refractivity contribution in [3.05, 3.63) is 46.6 Å². The van der Waals surface area contributed by atoms with Gasteiger partial charge in [-0.2, -0.15) is 5.26 Å². The highest BCUT2D eigenvalue weighted by molar-refractivity contribution is 5.93. The van der Waals surface area contributed by atoms with Crippen molar-refractivity contribution in [3.8, 4) is 11.8 Å². The van der Waals surface area contributed by atoms with Gasteiger partial charge in [-0.25, -0.2) is 0 Å². The van der Waals surface area contributed by atoms with Gasteiger partial charge in [0.05, 0.1) is 19.2 Å². The summed E-state index contributed by atoms with van der Waals surface area (Å²) in [4.78, 5) is 15.4. The third-order valence-electron chi connectivity index (χ3n) is 6.79. The molecule has 2 aliphatic carbocycles. The van der Waals surface area contributed by atoms with E-state index in [1.54, 1.807) is 7.11 Å². The van der Waals surface area contributed by atoms with Crippen LogP contribution in [0.5, 0.6) is 5.75 Å². The number of hydrogen-bond acceptors (Lipinski definition) is 4. The number of rotatable bonds is 8. The Morgan fingerprint density at radius 3 is 2.58 bits per heavy atom. The Bertz CT molecular complexity index is 994. The van der Waals surface area contributed by atoms with Gasteiger partial charge >= 0.3 is 0 Å². The molecule has 1 aromatic heterocycles. The van der Waals surface area contributed by atoms with Gasteiger partial charge in [-0.1, -0.05) is 31.0 Å². The van der Waals surface area contributed by atoms with E-state index < -0.39 is 0 Å². The van der Waals surface area contributed by atoms with Crippen molar-refractivity contribution < 1.29 is 9.53 Å². The molecule has 1 amide bonds. The summed E-state index contributed by atoms with van der Waals surface area (Å²) in [6.45, 7) is 5.02. The van der Waals surface area contributed by atoms with Gasteiger partial charge in [-0.05, 0) is 51.2 Å². The number of benzene rings is 1. The van der Waals surface area contributed by atoms with Crippen molar-refractivity contribution in [2.45, 2.75) is 71.0 Å². The normalized spacial score (nSPS) is 16.5. The summed E-state index contributed by atoms with van der Waals surface area (Å²) in [5.74, 6) is 1.47. The van der Waals surface area contributed by atoms with E-state index in [2.05, 4.69) is 33.8 Å². The molecule has 4 rings (SSSR count). The van der Waals surface area contributed by atoms with Crippen LogP contribution in [0.25, 0.3) is 0 Å². The van der Waals surface area contributed by atoms with Crippen LogP contribution in [0.1, 0.15) is 67.0 Å². The molecule has 2 saturated carbocycles. The van der Waals surface area contributed by atoms with E-state index in [9.17, 15) is 10.1 Å². The molecule has 0 atom stereocenters. The first kappa shape index (κ1) is 21.5. The second-order valence-corrected chi connectivity index (χ2v) is 8.85. The average Bonchev–Trinajstić information content (AvgIpc) is 3.43. The maximum Gasteiger partial charge on any atom is 0.239 e. The third kappa shape index (κ3) is 4.47. The Labute approximate surface area is 184 Å². The maximum absolute atomic E-state index is 13.1. The predicted molar refractivity (Wildman–Crippen MR) is 121 cm³/mol. The SMILES string of the molecule is COc1ccccc1CN(CC(=O)Nc1c(C#N)c(C)c(C)n1C1CCCC1)C1CC1. The second-order valence-electron chi connectivity index (χ2n) is 8.85. The Morgan fingerprint density at radius 2 is 1.94 bits per heavy atom. The van der Waals surface area contributed by atoms with Crippen LogP contribution in [-0.2, 0) is 11.3 Å². The lowest BCUT2D eigenvalue weighted by Gasteiger charge is -2.24. The van der Waals surface area contributed by atoms with Crippen LogP contribution in [-0.4, -0.2) is 35.1 Å². The number of ether oxygens (including phenoxy) is 1. The number of hydrogen-bond donors (Lipinski definition) is 1. The zero-order valence-electron chi connectivity index (χ0n) is 18.8.